The number of carbonyl (C=O) groups excluding carboxylic acids is 2. The number of carbonyl (C=O) groups is 2. The van der Waals surface area contributed by atoms with E-state index in [1.165, 1.54) is 12.1 Å². The number of nitrogens with zero attached hydrogens (tertiary/aromatic N) is 1. The van der Waals surface area contributed by atoms with E-state index >= 15 is 0 Å². The van der Waals surface area contributed by atoms with E-state index in [-0.39, 0.29) is 24.2 Å². The predicted molar refractivity (Wildman–Crippen MR) is 118 cm³/mol. The van der Waals surface area contributed by atoms with E-state index in [0.29, 0.717) is 18.5 Å². The highest BCUT2D eigenvalue weighted by Crippen LogP contribution is 2.33. The summed E-state index contributed by atoms with van der Waals surface area (Å²) in [7, 11) is 0. The van der Waals surface area contributed by atoms with Crippen molar-refractivity contribution in [3.8, 4) is 0 Å². The summed E-state index contributed by atoms with van der Waals surface area (Å²) in [5.74, 6) is -0.738. The van der Waals surface area contributed by atoms with Crippen molar-refractivity contribution in [2.75, 3.05) is 0 Å². The van der Waals surface area contributed by atoms with Gasteiger partial charge in [0.15, 0.2) is 0 Å². The quantitative estimate of drug-likeness (QED) is 0.670. The number of aryl methyl sites for hydroxylation is 1. The molecule has 4 rings (SSSR count). The van der Waals surface area contributed by atoms with Crippen molar-refractivity contribution in [3.05, 3.63) is 106 Å². The lowest BCUT2D eigenvalue weighted by molar-refractivity contribution is -0.132. The summed E-state index contributed by atoms with van der Waals surface area (Å²) in [5.41, 5.74) is 3.30. The molecular formula is C26H25FN2O2. The monoisotopic (exact) mass is 416 g/mol. The standard InChI is InChI=1S/C26H25FN2O2/c1-18-7-3-4-9-21(18)16-28-25(31)26(2)15-20-8-5-6-10-23(20)24(30)29(26)17-19-11-13-22(27)14-12-19/h3-14H,15-17H2,1-2H3,(H,28,31). The second kappa shape index (κ2) is 8.34. The van der Waals surface area contributed by atoms with E-state index < -0.39 is 5.54 Å². The molecule has 0 radical (unpaired) electrons. The average Bonchev–Trinajstić information content (AvgIpc) is 2.77. The van der Waals surface area contributed by atoms with Crippen LogP contribution in [-0.4, -0.2) is 22.3 Å². The molecule has 1 aliphatic heterocycles. The maximum absolute atomic E-state index is 13.4. The maximum Gasteiger partial charge on any atom is 0.255 e. The molecule has 0 saturated heterocycles. The molecule has 0 fully saturated rings. The Kier molecular flexibility index (Phi) is 5.59. The Bertz CT molecular complexity index is 1130. The number of hydrogen-bond donors (Lipinski definition) is 1. The molecule has 0 bridgehead atoms. The molecule has 1 N–H and O–H groups in total. The third-order valence-corrected chi connectivity index (χ3v) is 6.07. The third-order valence-electron chi connectivity index (χ3n) is 6.07. The van der Waals surface area contributed by atoms with Crippen LogP contribution in [0.4, 0.5) is 4.39 Å². The van der Waals surface area contributed by atoms with Crippen molar-refractivity contribution in [3.63, 3.8) is 0 Å². The van der Waals surface area contributed by atoms with Crippen LogP contribution in [0.3, 0.4) is 0 Å². The average molecular weight is 416 g/mol. The van der Waals surface area contributed by atoms with Crippen LogP contribution in [0.2, 0.25) is 0 Å². The summed E-state index contributed by atoms with van der Waals surface area (Å²) in [5, 5.41) is 3.03. The number of rotatable bonds is 5. The number of hydrogen-bond acceptors (Lipinski definition) is 2. The van der Waals surface area contributed by atoms with Gasteiger partial charge in [0.05, 0.1) is 0 Å². The number of benzene rings is 3. The van der Waals surface area contributed by atoms with Crippen LogP contribution < -0.4 is 5.32 Å². The van der Waals surface area contributed by atoms with Crippen molar-refractivity contribution in [2.24, 2.45) is 0 Å². The van der Waals surface area contributed by atoms with E-state index in [1.54, 1.807) is 30.0 Å². The van der Waals surface area contributed by atoms with Gasteiger partial charge in [0.1, 0.15) is 11.4 Å². The smallest absolute Gasteiger partial charge is 0.255 e. The highest BCUT2D eigenvalue weighted by Gasteiger charge is 2.46. The Morgan fingerprint density at radius 3 is 2.45 bits per heavy atom. The number of halogens is 1. The van der Waals surface area contributed by atoms with Gasteiger partial charge in [-0.05, 0) is 54.3 Å². The van der Waals surface area contributed by atoms with Crippen LogP contribution in [0, 0.1) is 12.7 Å². The highest BCUT2D eigenvalue weighted by molar-refractivity contribution is 6.02. The van der Waals surface area contributed by atoms with Gasteiger partial charge in [-0.1, -0.05) is 54.6 Å². The first-order chi connectivity index (χ1) is 14.9. The van der Waals surface area contributed by atoms with Crippen molar-refractivity contribution in [1.82, 2.24) is 10.2 Å². The fourth-order valence-corrected chi connectivity index (χ4v) is 4.11. The van der Waals surface area contributed by atoms with Crippen LogP contribution in [0.1, 0.15) is 39.5 Å². The topological polar surface area (TPSA) is 49.4 Å². The molecule has 31 heavy (non-hydrogen) atoms. The highest BCUT2D eigenvalue weighted by atomic mass is 19.1. The molecule has 0 aliphatic carbocycles. The molecule has 0 spiro atoms. The number of nitrogens with one attached hydrogen (secondary N) is 1. The minimum Gasteiger partial charge on any atom is -0.350 e. The van der Waals surface area contributed by atoms with E-state index in [9.17, 15) is 14.0 Å². The largest absolute Gasteiger partial charge is 0.350 e. The Morgan fingerprint density at radius 1 is 1.03 bits per heavy atom. The predicted octanol–water partition coefficient (Wildman–Crippen LogP) is 4.41. The molecule has 158 valence electrons. The van der Waals surface area contributed by atoms with Crippen molar-refractivity contribution in [1.29, 1.82) is 0 Å². The van der Waals surface area contributed by atoms with Crippen LogP contribution in [-0.2, 0) is 24.3 Å². The van der Waals surface area contributed by atoms with E-state index in [1.807, 2.05) is 49.4 Å². The first-order valence-electron chi connectivity index (χ1n) is 10.4. The summed E-state index contributed by atoms with van der Waals surface area (Å²) in [6, 6.07) is 21.3. The second-order valence-electron chi connectivity index (χ2n) is 8.23. The normalized spacial score (nSPS) is 17.9. The molecule has 3 aromatic carbocycles. The summed E-state index contributed by atoms with van der Waals surface area (Å²) in [6.07, 6.45) is 0.412. The van der Waals surface area contributed by atoms with Gasteiger partial charge >= 0.3 is 0 Å². The Morgan fingerprint density at radius 2 is 1.71 bits per heavy atom. The minimum atomic E-state index is -1.07. The lowest BCUT2D eigenvalue weighted by Gasteiger charge is -2.44. The van der Waals surface area contributed by atoms with Gasteiger partial charge in [-0.3, -0.25) is 9.59 Å². The molecule has 1 aliphatic rings. The molecular weight excluding hydrogens is 391 g/mol. The van der Waals surface area contributed by atoms with Crippen LogP contribution in [0.15, 0.2) is 72.8 Å². The maximum atomic E-state index is 13.4. The number of fused-ring (bicyclic) bond motifs is 1. The molecule has 0 aromatic heterocycles. The van der Waals surface area contributed by atoms with E-state index in [2.05, 4.69) is 5.32 Å². The lowest BCUT2D eigenvalue weighted by atomic mass is 9.82. The Hall–Kier alpha value is -3.47. The van der Waals surface area contributed by atoms with Gasteiger partial charge in [0.25, 0.3) is 5.91 Å². The van der Waals surface area contributed by atoms with Gasteiger partial charge in [-0.2, -0.15) is 0 Å². The Labute approximate surface area is 181 Å². The number of amides is 2. The van der Waals surface area contributed by atoms with Crippen molar-refractivity contribution < 1.29 is 14.0 Å². The fraction of sp³-hybridized carbons (Fsp3) is 0.231. The van der Waals surface area contributed by atoms with Gasteiger partial charge in [0.2, 0.25) is 5.91 Å². The summed E-state index contributed by atoms with van der Waals surface area (Å²) in [6.45, 7) is 4.42. The third kappa shape index (κ3) is 4.08. The second-order valence-corrected chi connectivity index (χ2v) is 8.23. The molecule has 5 heteroatoms. The molecule has 1 heterocycles. The first-order valence-corrected chi connectivity index (χ1v) is 10.4. The zero-order valence-electron chi connectivity index (χ0n) is 17.7. The lowest BCUT2D eigenvalue weighted by Crippen LogP contribution is -2.62. The minimum absolute atomic E-state index is 0.195. The van der Waals surface area contributed by atoms with E-state index in [0.717, 1.165) is 22.3 Å². The fourth-order valence-electron chi connectivity index (χ4n) is 4.11. The molecule has 0 saturated carbocycles. The molecule has 1 unspecified atom stereocenters. The summed E-state index contributed by atoms with van der Waals surface area (Å²) < 4.78 is 13.4. The van der Waals surface area contributed by atoms with Gasteiger partial charge in [-0.15, -0.1) is 0 Å². The summed E-state index contributed by atoms with van der Waals surface area (Å²) >= 11 is 0. The molecule has 2 amide bonds. The van der Waals surface area contributed by atoms with Gasteiger partial charge in [-0.25, -0.2) is 4.39 Å². The summed E-state index contributed by atoms with van der Waals surface area (Å²) in [4.78, 5) is 28.5. The molecule has 1 atom stereocenters. The van der Waals surface area contributed by atoms with Crippen molar-refractivity contribution in [2.45, 2.75) is 38.9 Å². The van der Waals surface area contributed by atoms with E-state index in [4.69, 9.17) is 0 Å². The molecule has 4 nitrogen and oxygen atoms in total. The zero-order chi connectivity index (χ0) is 22.0. The SMILES string of the molecule is Cc1ccccc1CNC(=O)C1(C)Cc2ccccc2C(=O)N1Cc1ccc(F)cc1. The van der Waals surface area contributed by atoms with Gasteiger partial charge in [0, 0.05) is 25.1 Å². The Balaban J connectivity index is 1.65. The molecule has 3 aromatic rings. The van der Waals surface area contributed by atoms with Gasteiger partial charge < -0.3 is 10.2 Å². The first kappa shape index (κ1) is 20.8. The van der Waals surface area contributed by atoms with Crippen LogP contribution >= 0.6 is 0 Å². The zero-order valence-corrected chi connectivity index (χ0v) is 17.7. The van der Waals surface area contributed by atoms with Crippen molar-refractivity contribution >= 4 is 11.8 Å². The van der Waals surface area contributed by atoms with Crippen LogP contribution in [0.5, 0.6) is 0 Å². The van der Waals surface area contributed by atoms with Crippen LogP contribution in [0.25, 0.3) is 0 Å².